The molecule has 0 spiro atoms. The van der Waals surface area contributed by atoms with E-state index in [2.05, 4.69) is 59.9 Å². The average molecular weight is 377 g/mol. The monoisotopic (exact) mass is 376 g/mol. The molecule has 3 nitrogen and oxygen atoms in total. The minimum Gasteiger partial charge on any atom is -0.402 e. The van der Waals surface area contributed by atoms with E-state index in [4.69, 9.17) is 10.5 Å². The van der Waals surface area contributed by atoms with Crippen LogP contribution in [0.15, 0.2) is 18.3 Å². The van der Waals surface area contributed by atoms with E-state index < -0.39 is 0 Å². The van der Waals surface area contributed by atoms with Crippen molar-refractivity contribution in [1.29, 1.82) is 0 Å². The zero-order valence-corrected chi connectivity index (χ0v) is 19.3. The van der Waals surface area contributed by atoms with E-state index in [9.17, 15) is 0 Å². The number of benzene rings is 1. The van der Waals surface area contributed by atoms with Crippen LogP contribution in [0.1, 0.15) is 82.7 Å². The highest BCUT2D eigenvalue weighted by molar-refractivity contribution is 5.70. The molecule has 0 fully saturated rings. The summed E-state index contributed by atoms with van der Waals surface area (Å²) in [6.07, 6.45) is 8.15. The summed E-state index contributed by atoms with van der Waals surface area (Å²) in [7, 11) is 1.50. The van der Waals surface area contributed by atoms with Crippen molar-refractivity contribution >= 4 is 18.4 Å². The van der Waals surface area contributed by atoms with E-state index in [1.165, 1.54) is 48.2 Å². The van der Waals surface area contributed by atoms with Gasteiger partial charge in [-0.15, -0.1) is 0 Å². The second kappa shape index (κ2) is 18.9. The Morgan fingerprint density at radius 3 is 1.89 bits per heavy atom. The van der Waals surface area contributed by atoms with Gasteiger partial charge in [-0.05, 0) is 80.5 Å². The van der Waals surface area contributed by atoms with Gasteiger partial charge >= 0.3 is 0 Å². The first-order valence-electron chi connectivity index (χ1n) is 9.92. The first-order chi connectivity index (χ1) is 12.7. The fourth-order valence-electron chi connectivity index (χ4n) is 2.37. The van der Waals surface area contributed by atoms with E-state index in [1.54, 1.807) is 0 Å². The molecule has 1 rings (SSSR count). The summed E-state index contributed by atoms with van der Waals surface area (Å²) in [5, 5.41) is 0. The summed E-state index contributed by atoms with van der Waals surface area (Å²) in [4.78, 5) is 8.81. The molecule has 0 unspecified atom stereocenters. The van der Waals surface area contributed by atoms with Crippen molar-refractivity contribution in [1.82, 2.24) is 0 Å². The van der Waals surface area contributed by atoms with Gasteiger partial charge in [-0.25, -0.2) is 0 Å². The molecule has 1 aromatic carbocycles. The highest BCUT2D eigenvalue weighted by Crippen LogP contribution is 2.26. The van der Waals surface area contributed by atoms with Crippen LogP contribution in [0, 0.1) is 12.8 Å². The molecular weight excluding hydrogens is 332 g/mol. The van der Waals surface area contributed by atoms with Crippen molar-refractivity contribution in [3.8, 4) is 0 Å². The number of hydrogen-bond acceptors (Lipinski definition) is 3. The second-order valence-corrected chi connectivity index (χ2v) is 6.48. The summed E-state index contributed by atoms with van der Waals surface area (Å²) in [6, 6.07) is 2.24. The van der Waals surface area contributed by atoms with Gasteiger partial charge in [0.05, 0.1) is 0 Å². The van der Waals surface area contributed by atoms with Crippen LogP contribution in [-0.2, 0) is 17.6 Å². The third-order valence-corrected chi connectivity index (χ3v) is 4.03. The highest BCUT2D eigenvalue weighted by atomic mass is 16.1. The fraction of sp³-hybridized carbons (Fsp3) is 0.542. The van der Waals surface area contributed by atoms with Gasteiger partial charge < -0.3 is 16.3 Å². The van der Waals surface area contributed by atoms with Crippen molar-refractivity contribution in [2.24, 2.45) is 17.4 Å². The molecule has 0 heterocycles. The summed E-state index contributed by atoms with van der Waals surface area (Å²) < 4.78 is 0. The number of carbonyl (C=O) groups excluding carboxylic acids is 1. The molecule has 0 bridgehead atoms. The Morgan fingerprint density at radius 2 is 1.63 bits per heavy atom. The predicted octanol–water partition coefficient (Wildman–Crippen LogP) is 5.91. The molecule has 0 atom stereocenters. The molecule has 156 valence electrons. The maximum atomic E-state index is 8.81. The molecule has 3 heteroatoms. The number of allylic oxidation sites excluding steroid dienone is 1. The number of rotatable bonds is 5. The van der Waals surface area contributed by atoms with Gasteiger partial charge in [0.15, 0.2) is 0 Å². The van der Waals surface area contributed by atoms with Crippen LogP contribution in [0.2, 0.25) is 0 Å². The largest absolute Gasteiger partial charge is 0.402 e. The lowest BCUT2D eigenvalue weighted by Crippen LogP contribution is -2.01. The third kappa shape index (κ3) is 13.0. The van der Waals surface area contributed by atoms with Crippen LogP contribution in [0.25, 0.3) is 12.2 Å². The van der Waals surface area contributed by atoms with Gasteiger partial charge in [-0.1, -0.05) is 59.8 Å². The smallest absolute Gasteiger partial charge is 0.116 e. The van der Waals surface area contributed by atoms with Crippen molar-refractivity contribution in [3.05, 3.63) is 46.2 Å². The minimum atomic E-state index is 0.750. The molecule has 4 N–H and O–H groups in total. The summed E-state index contributed by atoms with van der Waals surface area (Å²) in [5.41, 5.74) is 17.8. The SMILES string of the molecule is C=Cc1cc(CC)c(CC)c(C)c1/C=C(/C)N.CC=O.CCC(C)C.CN. The van der Waals surface area contributed by atoms with Crippen LogP contribution >= 0.6 is 0 Å². The molecule has 0 aliphatic heterocycles. The van der Waals surface area contributed by atoms with Crippen LogP contribution in [0.3, 0.4) is 0 Å². The van der Waals surface area contributed by atoms with Crippen LogP contribution < -0.4 is 11.5 Å². The Morgan fingerprint density at radius 1 is 1.19 bits per heavy atom. The molecule has 27 heavy (non-hydrogen) atoms. The molecule has 0 aromatic heterocycles. The van der Waals surface area contributed by atoms with Gasteiger partial charge in [0.25, 0.3) is 0 Å². The van der Waals surface area contributed by atoms with Crippen LogP contribution in [0.4, 0.5) is 0 Å². The number of aldehydes is 1. The number of hydrogen-bond donors (Lipinski definition) is 2. The number of carbonyl (C=O) groups is 1. The quantitative estimate of drug-likeness (QED) is 0.627. The van der Waals surface area contributed by atoms with E-state index >= 15 is 0 Å². The summed E-state index contributed by atoms with van der Waals surface area (Å²) in [6.45, 7) is 20.5. The van der Waals surface area contributed by atoms with E-state index in [-0.39, 0.29) is 0 Å². The predicted molar refractivity (Wildman–Crippen MR) is 125 cm³/mol. The van der Waals surface area contributed by atoms with E-state index in [0.29, 0.717) is 0 Å². The van der Waals surface area contributed by atoms with Gasteiger partial charge in [0.1, 0.15) is 6.29 Å². The number of nitrogens with two attached hydrogens (primary N) is 2. The van der Waals surface area contributed by atoms with Crippen molar-refractivity contribution in [3.63, 3.8) is 0 Å². The van der Waals surface area contributed by atoms with E-state index in [1.807, 2.05) is 19.1 Å². The van der Waals surface area contributed by atoms with Crippen LogP contribution in [0.5, 0.6) is 0 Å². The standard InChI is InChI=1S/C16H23N.C5H12.C2H4O.CH5N/c1-6-13-10-14(7-2)16(9-11(4)17)12(5)15(13)8-3;1-4-5(2)3;1-2-3;1-2/h7,9-10H,2,6,8,17H2,1,3-5H3;5H,4H2,1-3H3;2H,1H3;2H2,1H3/b11-9-;;;. The Bertz CT molecular complexity index is 554. The molecule has 0 aliphatic rings. The average Bonchev–Trinajstić information content (AvgIpc) is 2.65. The van der Waals surface area contributed by atoms with Crippen molar-refractivity contribution in [2.45, 2.75) is 74.7 Å². The molecule has 0 amide bonds. The van der Waals surface area contributed by atoms with Crippen molar-refractivity contribution < 1.29 is 4.79 Å². The summed E-state index contributed by atoms with van der Waals surface area (Å²) >= 11 is 0. The zero-order valence-electron chi connectivity index (χ0n) is 19.3. The van der Waals surface area contributed by atoms with E-state index in [0.717, 1.165) is 30.7 Å². The molecule has 1 aromatic rings. The maximum Gasteiger partial charge on any atom is 0.116 e. The van der Waals surface area contributed by atoms with Gasteiger partial charge in [0.2, 0.25) is 0 Å². The van der Waals surface area contributed by atoms with Gasteiger partial charge in [-0.3, -0.25) is 0 Å². The van der Waals surface area contributed by atoms with Crippen molar-refractivity contribution in [2.75, 3.05) is 7.05 Å². The molecular formula is C24H44N2O. The Balaban J connectivity index is -0.000000481. The highest BCUT2D eigenvalue weighted by Gasteiger charge is 2.10. The normalized spacial score (nSPS) is 9.81. The molecule has 0 aliphatic carbocycles. The first kappa shape index (κ1) is 29.9. The lowest BCUT2D eigenvalue weighted by molar-refractivity contribution is -0.106. The second-order valence-electron chi connectivity index (χ2n) is 6.48. The third-order valence-electron chi connectivity index (χ3n) is 4.03. The van der Waals surface area contributed by atoms with Crippen LogP contribution in [-0.4, -0.2) is 13.3 Å². The Hall–Kier alpha value is -1.87. The molecule has 0 radical (unpaired) electrons. The lowest BCUT2D eigenvalue weighted by Gasteiger charge is -2.16. The topological polar surface area (TPSA) is 69.1 Å². The lowest BCUT2D eigenvalue weighted by atomic mass is 9.89. The Kier molecular flexibility index (Phi) is 20.9. The van der Waals surface area contributed by atoms with Gasteiger partial charge in [0, 0.05) is 5.70 Å². The maximum absolute atomic E-state index is 8.81. The Labute approximate surface area is 168 Å². The molecule has 0 saturated heterocycles. The molecule has 0 saturated carbocycles. The van der Waals surface area contributed by atoms with Gasteiger partial charge in [-0.2, -0.15) is 0 Å². The fourth-order valence-corrected chi connectivity index (χ4v) is 2.37. The minimum absolute atomic E-state index is 0.750. The number of aryl methyl sites for hydroxylation is 1. The zero-order chi connectivity index (χ0) is 22.0. The first-order valence-corrected chi connectivity index (χ1v) is 9.92. The summed E-state index contributed by atoms with van der Waals surface area (Å²) in [5.74, 6) is 0.884.